The van der Waals surface area contributed by atoms with E-state index in [2.05, 4.69) is 16.9 Å². The van der Waals surface area contributed by atoms with Crippen LogP contribution in [0, 0.1) is 6.92 Å². The van der Waals surface area contributed by atoms with Gasteiger partial charge in [-0.3, -0.25) is 14.6 Å². The summed E-state index contributed by atoms with van der Waals surface area (Å²) in [5.41, 5.74) is 2.62. The van der Waals surface area contributed by atoms with Gasteiger partial charge in [-0.1, -0.05) is 68.1 Å². The maximum atomic E-state index is 12.9. The van der Waals surface area contributed by atoms with E-state index in [9.17, 15) is 24.3 Å². The predicted molar refractivity (Wildman–Crippen MR) is 158 cm³/mol. The molecule has 40 heavy (non-hydrogen) atoms. The first-order valence-electron chi connectivity index (χ1n) is 12.7. The van der Waals surface area contributed by atoms with Gasteiger partial charge in [0.2, 0.25) is 11.1 Å². The Bertz CT molecular complexity index is 1450. The second-order valence-corrected chi connectivity index (χ2v) is 10.8. The van der Waals surface area contributed by atoms with Crippen molar-refractivity contribution in [2.24, 2.45) is 4.99 Å². The van der Waals surface area contributed by atoms with Crippen molar-refractivity contribution in [3.63, 3.8) is 0 Å². The molecule has 0 bridgehead atoms. The second kappa shape index (κ2) is 14.6. The van der Waals surface area contributed by atoms with Crippen LogP contribution in [0.5, 0.6) is 0 Å². The summed E-state index contributed by atoms with van der Waals surface area (Å²) >= 11 is 6.80. The number of aryl methyl sites for hydroxylation is 1. The van der Waals surface area contributed by atoms with E-state index < -0.39 is 34.5 Å². The van der Waals surface area contributed by atoms with Crippen molar-refractivity contribution >= 4 is 64.8 Å². The molecule has 0 saturated heterocycles. The third kappa shape index (κ3) is 8.66. The number of carbonyl (C=O) groups is 4. The van der Waals surface area contributed by atoms with Crippen molar-refractivity contribution in [2.45, 2.75) is 44.5 Å². The third-order valence-corrected chi connectivity index (χ3v) is 7.41. The topological polar surface area (TPSA) is 122 Å². The molecule has 0 fully saturated rings. The number of hydrogen-bond acceptors (Lipinski definition) is 7. The van der Waals surface area contributed by atoms with Crippen LogP contribution < -0.4 is 15.8 Å². The maximum Gasteiger partial charge on any atom is 0.354 e. The highest BCUT2D eigenvalue weighted by Crippen LogP contribution is 2.27. The number of rotatable bonds is 11. The molecule has 2 unspecified atom stereocenters. The molecule has 1 aliphatic rings. The summed E-state index contributed by atoms with van der Waals surface area (Å²) in [6.45, 7) is 7.91. The Kier molecular flexibility index (Phi) is 11.3. The highest BCUT2D eigenvalue weighted by molar-refractivity contribution is 8.00. The molecule has 0 saturated carbocycles. The molecule has 2 aromatic rings. The van der Waals surface area contributed by atoms with Crippen molar-refractivity contribution in [1.29, 1.82) is 0 Å². The molecule has 1 aliphatic heterocycles. The van der Waals surface area contributed by atoms with Crippen molar-refractivity contribution in [3.05, 3.63) is 81.2 Å². The minimum absolute atomic E-state index is 0.0483. The molecular formula is C30H31ClN2O6S. The summed E-state index contributed by atoms with van der Waals surface area (Å²) in [4.78, 5) is 53.6. The van der Waals surface area contributed by atoms with Gasteiger partial charge in [0.25, 0.3) is 0 Å². The smallest absolute Gasteiger partial charge is 0.354 e. The maximum absolute atomic E-state index is 12.9. The Morgan fingerprint density at radius 1 is 1.20 bits per heavy atom. The van der Waals surface area contributed by atoms with Gasteiger partial charge in [0.05, 0.1) is 13.0 Å². The molecule has 3 rings (SSSR count). The number of hydrogen-bond donors (Lipinski definition) is 2. The van der Waals surface area contributed by atoms with Crippen LogP contribution in [0.25, 0.3) is 12.7 Å². The molecule has 210 valence electrons. The average molecular weight is 583 g/mol. The Morgan fingerprint density at radius 2 is 1.93 bits per heavy atom. The fourth-order valence-electron chi connectivity index (χ4n) is 4.04. The zero-order chi connectivity index (χ0) is 29.2. The van der Waals surface area contributed by atoms with E-state index in [0.29, 0.717) is 22.4 Å². The number of halogens is 1. The van der Waals surface area contributed by atoms with Crippen molar-refractivity contribution < 1.29 is 29.0 Å². The molecule has 0 spiro atoms. The first-order valence-corrected chi connectivity index (χ1v) is 14.1. The molecule has 0 aliphatic carbocycles. The van der Waals surface area contributed by atoms with Gasteiger partial charge in [-0.15, -0.1) is 11.8 Å². The van der Waals surface area contributed by atoms with Crippen molar-refractivity contribution in [1.82, 2.24) is 5.32 Å². The first-order chi connectivity index (χ1) is 19.1. The lowest BCUT2D eigenvalue weighted by Crippen LogP contribution is -2.49. The molecule has 0 aromatic heterocycles. The van der Waals surface area contributed by atoms with E-state index in [-0.39, 0.29) is 30.9 Å². The Balaban J connectivity index is 1.92. The van der Waals surface area contributed by atoms with Crippen molar-refractivity contribution in [3.8, 4) is 0 Å². The lowest BCUT2D eigenvalue weighted by molar-refractivity contribution is -0.147. The van der Waals surface area contributed by atoms with Gasteiger partial charge in [0, 0.05) is 12.2 Å². The number of ether oxygens (including phenoxy) is 1. The van der Waals surface area contributed by atoms with Gasteiger partial charge < -0.3 is 15.2 Å². The van der Waals surface area contributed by atoms with E-state index in [1.807, 2.05) is 38.1 Å². The van der Waals surface area contributed by atoms with Crippen LogP contribution in [0.3, 0.4) is 0 Å². The molecule has 0 radical (unpaired) electrons. The largest absolute Gasteiger partial charge is 0.477 e. The number of carboxylic acid groups (broad SMARTS) is 1. The summed E-state index contributed by atoms with van der Waals surface area (Å²) in [5, 5.41) is 12.7. The van der Waals surface area contributed by atoms with Crippen molar-refractivity contribution in [2.75, 3.05) is 12.4 Å². The zero-order valence-corrected chi connectivity index (χ0v) is 23.9. The number of carboxylic acids is 1. The van der Waals surface area contributed by atoms with Crippen LogP contribution in [0.2, 0.25) is 0 Å². The van der Waals surface area contributed by atoms with Gasteiger partial charge in [-0.05, 0) is 57.6 Å². The normalized spacial score (nSPS) is 17.2. The van der Waals surface area contributed by atoms with Gasteiger partial charge in [-0.2, -0.15) is 0 Å². The van der Waals surface area contributed by atoms with Gasteiger partial charge in [0.15, 0.2) is 6.04 Å². The second-order valence-electron chi connectivity index (χ2n) is 9.23. The SMILES string of the molecule is C=c1cc(C)c(CC(=O)Cl)c/c1=C/C=C1\CSC(C(NC(=O)Cc2ccccc2)C(=O)OCCC)N=C1C(=O)O. The molecule has 2 N–H and O–H groups in total. The Hall–Kier alpha value is -3.69. The minimum Gasteiger partial charge on any atom is -0.477 e. The highest BCUT2D eigenvalue weighted by Gasteiger charge is 2.36. The number of aliphatic carboxylic acids is 1. The summed E-state index contributed by atoms with van der Waals surface area (Å²) in [5.74, 6) is -2.10. The Morgan fingerprint density at radius 3 is 2.58 bits per heavy atom. The summed E-state index contributed by atoms with van der Waals surface area (Å²) in [6, 6.07) is 11.5. The van der Waals surface area contributed by atoms with E-state index in [4.69, 9.17) is 16.3 Å². The number of benzene rings is 2. The summed E-state index contributed by atoms with van der Waals surface area (Å²) in [6.07, 6.45) is 4.06. The lowest BCUT2D eigenvalue weighted by Gasteiger charge is -2.27. The number of thioether (sulfide) groups is 1. The van der Waals surface area contributed by atoms with Crippen LogP contribution >= 0.6 is 23.4 Å². The fraction of sp³-hybridized carbons (Fsp3) is 0.300. The fourth-order valence-corrected chi connectivity index (χ4v) is 5.32. The molecule has 10 heteroatoms. The van der Waals surface area contributed by atoms with E-state index in [1.54, 1.807) is 30.4 Å². The van der Waals surface area contributed by atoms with Crippen LogP contribution in [-0.4, -0.2) is 57.7 Å². The Labute approximate surface area is 241 Å². The molecule has 1 amide bonds. The number of amides is 1. The average Bonchev–Trinajstić information content (AvgIpc) is 2.91. The number of nitrogens with one attached hydrogen (secondary N) is 1. The number of carbonyl (C=O) groups excluding carboxylic acids is 3. The predicted octanol–water partition coefficient (Wildman–Crippen LogP) is 2.70. The van der Waals surface area contributed by atoms with Gasteiger partial charge >= 0.3 is 11.9 Å². The number of allylic oxidation sites excluding steroid dienone is 1. The monoisotopic (exact) mass is 582 g/mol. The molecule has 2 aromatic carbocycles. The lowest BCUT2D eigenvalue weighted by atomic mass is 10.0. The van der Waals surface area contributed by atoms with Gasteiger partial charge in [-0.25, -0.2) is 9.59 Å². The highest BCUT2D eigenvalue weighted by atomic mass is 35.5. The number of aliphatic imine (C=N–C) groups is 1. The van der Waals surface area contributed by atoms with Crippen LogP contribution in [0.4, 0.5) is 0 Å². The van der Waals surface area contributed by atoms with Crippen LogP contribution in [0.1, 0.15) is 30.0 Å². The molecular weight excluding hydrogens is 552 g/mol. The zero-order valence-electron chi connectivity index (χ0n) is 22.3. The summed E-state index contributed by atoms with van der Waals surface area (Å²) in [7, 11) is 0. The number of nitrogens with zero attached hydrogens (tertiary/aromatic N) is 1. The van der Waals surface area contributed by atoms with E-state index >= 15 is 0 Å². The molecule has 2 atom stereocenters. The van der Waals surface area contributed by atoms with E-state index in [0.717, 1.165) is 16.7 Å². The molecule has 8 nitrogen and oxygen atoms in total. The van der Waals surface area contributed by atoms with Crippen LogP contribution in [-0.2, 0) is 36.8 Å². The van der Waals surface area contributed by atoms with Gasteiger partial charge in [0.1, 0.15) is 11.1 Å². The quantitative estimate of drug-likeness (QED) is 0.308. The first kappa shape index (κ1) is 30.8. The third-order valence-electron chi connectivity index (χ3n) is 6.08. The molecule has 1 heterocycles. The standard InChI is InChI=1S/C30H31ClN2O6S/c1-4-12-39-30(38)27(32-25(35)14-20-8-6-5-7-9-20)28-33-26(29(36)37)22(17-40-28)11-10-21-15-23(16-24(31)34)19(3)13-18(21)2/h5-11,13,15,27-28H,2,4,12,14,16-17H2,1,3H3,(H,32,35)(H,36,37)/b21-10-,22-11+. The van der Waals surface area contributed by atoms with E-state index in [1.165, 1.54) is 11.8 Å². The van der Waals surface area contributed by atoms with Crippen LogP contribution in [0.15, 0.2) is 59.1 Å². The number of esters is 1. The summed E-state index contributed by atoms with van der Waals surface area (Å²) < 4.78 is 5.30. The minimum atomic E-state index is -1.26.